The molecule has 0 atom stereocenters. The Kier molecular flexibility index (Phi) is 7.13. The number of methoxy groups -OCH3 is 1. The van der Waals surface area contributed by atoms with Crippen molar-refractivity contribution >= 4 is 38.0 Å². The Morgan fingerprint density at radius 2 is 1.66 bits per heavy atom. The second-order valence-electron chi connectivity index (χ2n) is 6.13. The molecular formula is C20H23N3O5S. The summed E-state index contributed by atoms with van der Waals surface area (Å²) in [7, 11) is -3.13. The van der Waals surface area contributed by atoms with E-state index in [9.17, 15) is 18.1 Å². The summed E-state index contributed by atoms with van der Waals surface area (Å²) in [5.41, 5.74) is 6.11. The molecule has 0 spiro atoms. The number of rotatable bonds is 4. The average Bonchev–Trinajstić information content (AvgIpc) is 2.67. The topological polar surface area (TPSA) is 135 Å². The molecule has 0 amide bonds. The first kappa shape index (κ1) is 22.1. The number of azo groups is 1. The average molecular weight is 417 g/mol. The molecule has 0 fully saturated rings. The Bertz CT molecular complexity index is 1130. The highest BCUT2D eigenvalue weighted by atomic mass is 32.2. The Morgan fingerprint density at radius 1 is 1.03 bits per heavy atom. The van der Waals surface area contributed by atoms with Crippen LogP contribution in [0.25, 0.3) is 10.8 Å². The smallest absolute Gasteiger partial charge is 0.296 e. The summed E-state index contributed by atoms with van der Waals surface area (Å²) in [5, 5.41) is 18.9. The number of phenolic OH excluding ortho intramolecular Hbond substituents is 1. The quantitative estimate of drug-likeness (QED) is 0.303. The molecule has 0 saturated carbocycles. The van der Waals surface area contributed by atoms with E-state index in [0.29, 0.717) is 27.9 Å². The predicted octanol–water partition coefficient (Wildman–Crippen LogP) is 5.21. The summed E-state index contributed by atoms with van der Waals surface area (Å²) in [5.74, 6) is 0.195. The Labute approximate surface area is 169 Å². The van der Waals surface area contributed by atoms with Gasteiger partial charge in [-0.3, -0.25) is 4.55 Å². The molecule has 9 heteroatoms. The second-order valence-corrected chi connectivity index (χ2v) is 7.52. The third kappa shape index (κ3) is 5.43. The number of aromatic hydroxyl groups is 1. The van der Waals surface area contributed by atoms with Crippen LogP contribution in [0.15, 0.2) is 63.7 Å². The maximum atomic E-state index is 11.7. The standard InChI is InChI=1S/C17H15N3O5S.C3H8/c1-25-13-5-3-12(4-6-13)19-20-16-15(26(22,23)24)9-10-8-11(18)2-7-14(10)17(16)21;1-3-2/h2-9,21H,18H2,1H3,(H,22,23,24);3H2,1-2H3. The molecule has 0 unspecified atom stereocenters. The molecule has 0 aromatic heterocycles. The van der Waals surface area contributed by atoms with Crippen LogP contribution in [-0.4, -0.2) is 25.2 Å². The minimum Gasteiger partial charge on any atom is -0.505 e. The van der Waals surface area contributed by atoms with Crippen molar-refractivity contribution in [3.8, 4) is 11.5 Å². The number of ether oxygens (including phenoxy) is 1. The molecule has 3 aromatic rings. The summed E-state index contributed by atoms with van der Waals surface area (Å²) in [4.78, 5) is -0.564. The molecule has 0 bridgehead atoms. The number of benzene rings is 3. The monoisotopic (exact) mass is 417 g/mol. The number of nitrogens with two attached hydrogens (primary N) is 1. The van der Waals surface area contributed by atoms with Gasteiger partial charge in [0, 0.05) is 11.1 Å². The van der Waals surface area contributed by atoms with E-state index in [0.717, 1.165) is 0 Å². The summed E-state index contributed by atoms with van der Waals surface area (Å²) in [6.07, 6.45) is 1.25. The van der Waals surface area contributed by atoms with E-state index in [1.807, 2.05) is 0 Å². The van der Waals surface area contributed by atoms with E-state index in [4.69, 9.17) is 10.5 Å². The van der Waals surface area contributed by atoms with E-state index >= 15 is 0 Å². The van der Waals surface area contributed by atoms with Crippen LogP contribution in [0.5, 0.6) is 11.5 Å². The molecule has 0 aliphatic carbocycles. The van der Waals surface area contributed by atoms with Crippen molar-refractivity contribution < 1.29 is 22.8 Å². The van der Waals surface area contributed by atoms with Crippen molar-refractivity contribution in [1.82, 2.24) is 0 Å². The number of hydrogen-bond donors (Lipinski definition) is 3. The number of nitrogen functional groups attached to an aromatic ring is 1. The van der Waals surface area contributed by atoms with Gasteiger partial charge in [0.05, 0.1) is 12.8 Å². The van der Waals surface area contributed by atoms with Gasteiger partial charge in [0.25, 0.3) is 10.1 Å². The first-order valence-corrected chi connectivity index (χ1v) is 10.2. The Hall–Kier alpha value is -3.17. The number of nitrogens with zero attached hydrogens (tertiary/aromatic N) is 2. The van der Waals surface area contributed by atoms with Gasteiger partial charge in [-0.15, -0.1) is 5.11 Å². The second kappa shape index (κ2) is 9.35. The predicted molar refractivity (Wildman–Crippen MR) is 113 cm³/mol. The molecule has 3 rings (SSSR count). The molecule has 0 aliphatic rings. The van der Waals surface area contributed by atoms with Crippen molar-refractivity contribution in [3.63, 3.8) is 0 Å². The number of fused-ring (bicyclic) bond motifs is 1. The molecule has 154 valence electrons. The molecular weight excluding hydrogens is 394 g/mol. The van der Waals surface area contributed by atoms with E-state index in [2.05, 4.69) is 24.1 Å². The normalized spacial score (nSPS) is 11.3. The van der Waals surface area contributed by atoms with Crippen LogP contribution in [0, 0.1) is 0 Å². The molecule has 4 N–H and O–H groups in total. The van der Waals surface area contributed by atoms with Crippen LogP contribution in [0.3, 0.4) is 0 Å². The lowest BCUT2D eigenvalue weighted by molar-refractivity contribution is 0.415. The lowest BCUT2D eigenvalue weighted by atomic mass is 10.1. The fourth-order valence-electron chi connectivity index (χ4n) is 2.42. The molecule has 0 aliphatic heterocycles. The minimum absolute atomic E-state index is 0.329. The largest absolute Gasteiger partial charge is 0.505 e. The van der Waals surface area contributed by atoms with E-state index < -0.39 is 20.8 Å². The molecule has 0 radical (unpaired) electrons. The van der Waals surface area contributed by atoms with Crippen LogP contribution < -0.4 is 10.5 Å². The van der Waals surface area contributed by atoms with Crippen LogP contribution in [0.1, 0.15) is 20.3 Å². The lowest BCUT2D eigenvalue weighted by Crippen LogP contribution is -1.99. The first-order chi connectivity index (χ1) is 13.7. The van der Waals surface area contributed by atoms with E-state index in [1.165, 1.54) is 31.7 Å². The van der Waals surface area contributed by atoms with Gasteiger partial charge in [-0.05, 0) is 53.9 Å². The highest BCUT2D eigenvalue weighted by Gasteiger charge is 2.22. The Morgan fingerprint density at radius 3 is 2.21 bits per heavy atom. The van der Waals surface area contributed by atoms with Gasteiger partial charge in [0.15, 0.2) is 5.75 Å². The van der Waals surface area contributed by atoms with Crippen molar-refractivity contribution in [2.75, 3.05) is 12.8 Å². The molecule has 0 heterocycles. The number of phenols is 1. The molecule has 3 aromatic carbocycles. The van der Waals surface area contributed by atoms with Crippen molar-refractivity contribution in [2.24, 2.45) is 10.2 Å². The first-order valence-electron chi connectivity index (χ1n) is 8.79. The zero-order chi connectivity index (χ0) is 21.6. The number of anilines is 1. The summed E-state index contributed by atoms with van der Waals surface area (Å²) < 4.78 is 38.0. The summed E-state index contributed by atoms with van der Waals surface area (Å²) in [6.45, 7) is 4.25. The van der Waals surface area contributed by atoms with Gasteiger partial charge in [-0.1, -0.05) is 20.3 Å². The van der Waals surface area contributed by atoms with Crippen molar-refractivity contribution in [2.45, 2.75) is 25.2 Å². The van der Waals surface area contributed by atoms with Crippen LogP contribution >= 0.6 is 0 Å². The highest BCUT2D eigenvalue weighted by Crippen LogP contribution is 2.41. The maximum absolute atomic E-state index is 11.7. The van der Waals surface area contributed by atoms with E-state index in [-0.39, 0.29) is 5.69 Å². The SMILES string of the molecule is CCC.COc1ccc(N=Nc2c(S(=O)(=O)O)cc3cc(N)ccc3c2O)cc1. The third-order valence-electron chi connectivity index (χ3n) is 3.69. The van der Waals surface area contributed by atoms with Gasteiger partial charge in [-0.2, -0.15) is 13.5 Å². The minimum atomic E-state index is -4.65. The van der Waals surface area contributed by atoms with E-state index in [1.54, 1.807) is 30.3 Å². The van der Waals surface area contributed by atoms with Gasteiger partial charge in [0.1, 0.15) is 16.3 Å². The van der Waals surface area contributed by atoms with Gasteiger partial charge in [0.2, 0.25) is 0 Å². The highest BCUT2D eigenvalue weighted by molar-refractivity contribution is 7.86. The van der Waals surface area contributed by atoms with Crippen LogP contribution in [0.4, 0.5) is 17.1 Å². The van der Waals surface area contributed by atoms with Crippen LogP contribution in [-0.2, 0) is 10.1 Å². The zero-order valence-electron chi connectivity index (χ0n) is 16.3. The maximum Gasteiger partial charge on any atom is 0.296 e. The molecule has 29 heavy (non-hydrogen) atoms. The third-order valence-corrected chi connectivity index (χ3v) is 4.56. The van der Waals surface area contributed by atoms with Gasteiger partial charge in [-0.25, -0.2) is 0 Å². The Balaban J connectivity index is 0.000000941. The lowest BCUT2D eigenvalue weighted by Gasteiger charge is -2.09. The van der Waals surface area contributed by atoms with Crippen LogP contribution in [0.2, 0.25) is 0 Å². The summed E-state index contributed by atoms with van der Waals surface area (Å²) >= 11 is 0. The van der Waals surface area contributed by atoms with Gasteiger partial charge >= 0.3 is 0 Å². The molecule has 8 nitrogen and oxygen atoms in total. The molecule has 0 saturated heterocycles. The summed E-state index contributed by atoms with van der Waals surface area (Å²) in [6, 6.07) is 12.3. The zero-order valence-corrected chi connectivity index (χ0v) is 17.1. The fourth-order valence-corrected chi connectivity index (χ4v) is 3.08. The fraction of sp³-hybridized carbons (Fsp3) is 0.200. The number of hydrogen-bond acceptors (Lipinski definition) is 7. The van der Waals surface area contributed by atoms with Gasteiger partial charge < -0.3 is 15.6 Å². The van der Waals surface area contributed by atoms with Crippen molar-refractivity contribution in [3.05, 3.63) is 48.5 Å². The van der Waals surface area contributed by atoms with Crippen molar-refractivity contribution in [1.29, 1.82) is 0 Å².